The van der Waals surface area contributed by atoms with Crippen molar-refractivity contribution in [2.24, 2.45) is 10.8 Å². The molecular weight excluding hydrogens is 336 g/mol. The fourth-order valence-corrected chi connectivity index (χ4v) is 7.14. The van der Waals surface area contributed by atoms with Gasteiger partial charge in [-0.1, -0.05) is 30.3 Å². The zero-order chi connectivity index (χ0) is 18.7. The van der Waals surface area contributed by atoms with Crippen LogP contribution in [0.2, 0.25) is 0 Å². The normalized spacial score (nSPS) is 45.1. The van der Waals surface area contributed by atoms with E-state index in [1.807, 2.05) is 49.3 Å². The lowest BCUT2D eigenvalue weighted by Gasteiger charge is -2.62. The number of rotatable bonds is 3. The Bertz CT molecular complexity index is 887. The number of benzene rings is 1. The third-order valence-corrected chi connectivity index (χ3v) is 7.65. The lowest BCUT2D eigenvalue weighted by atomic mass is 9.41. The lowest BCUT2D eigenvalue weighted by Crippen LogP contribution is -2.81. The van der Waals surface area contributed by atoms with Crippen LogP contribution >= 0.6 is 0 Å². The number of esters is 2. The number of carbonyl (C=O) groups is 3. The summed E-state index contributed by atoms with van der Waals surface area (Å²) in [4.78, 5) is 39.5. The topological polar surface area (TPSA) is 76.2 Å². The van der Waals surface area contributed by atoms with Crippen molar-refractivity contribution in [3.8, 4) is 0 Å². The van der Waals surface area contributed by atoms with Crippen LogP contribution < -0.4 is 0 Å². The highest BCUT2D eigenvalue weighted by Crippen LogP contribution is 2.96. The number of Topliss-reactive ketones (excluding diaryl/α,β-unsaturated/α-hetero) is 1. The first-order chi connectivity index (χ1) is 12.4. The summed E-state index contributed by atoms with van der Waals surface area (Å²) < 4.78 is 10.3. The summed E-state index contributed by atoms with van der Waals surface area (Å²) >= 11 is 0. The molecule has 0 N–H and O–H groups in total. The molecule has 5 rings (SSSR count). The van der Waals surface area contributed by atoms with E-state index in [1.54, 1.807) is 5.01 Å². The van der Waals surface area contributed by atoms with Crippen LogP contribution in [0.15, 0.2) is 30.3 Å². The first-order valence-corrected chi connectivity index (χ1v) is 8.62. The van der Waals surface area contributed by atoms with Crippen molar-refractivity contribution in [1.29, 1.82) is 0 Å². The van der Waals surface area contributed by atoms with E-state index >= 15 is 0 Å². The summed E-state index contributed by atoms with van der Waals surface area (Å²) in [6.07, 6.45) is 0. The monoisotopic (exact) mass is 356 g/mol. The third-order valence-electron chi connectivity index (χ3n) is 7.65. The molecule has 0 radical (unpaired) electrons. The summed E-state index contributed by atoms with van der Waals surface area (Å²) in [7, 11) is 4.46. The molecule has 2 heterocycles. The van der Waals surface area contributed by atoms with Crippen LogP contribution in [0.25, 0.3) is 0 Å². The second-order valence-corrected chi connectivity index (χ2v) is 7.76. The predicted octanol–water partition coefficient (Wildman–Crippen LogP) is 0.143. The average molecular weight is 356 g/mol. The van der Waals surface area contributed by atoms with Crippen LogP contribution in [-0.4, -0.2) is 67.1 Å². The molecule has 1 aromatic carbocycles. The zero-order valence-electron chi connectivity index (χ0n) is 15.1. The highest BCUT2D eigenvalue weighted by molar-refractivity contribution is 6.16. The van der Waals surface area contributed by atoms with Crippen LogP contribution in [0.3, 0.4) is 0 Å². The van der Waals surface area contributed by atoms with E-state index in [1.165, 1.54) is 14.2 Å². The Kier molecular flexibility index (Phi) is 2.57. The van der Waals surface area contributed by atoms with Gasteiger partial charge in [0, 0.05) is 12.5 Å². The minimum absolute atomic E-state index is 0.0434. The number of nitrogens with zero attached hydrogens (tertiary/aromatic N) is 2. The summed E-state index contributed by atoms with van der Waals surface area (Å²) in [6, 6.07) is 9.21. The van der Waals surface area contributed by atoms with Crippen molar-refractivity contribution in [2.75, 3.05) is 27.8 Å². The Morgan fingerprint density at radius 2 is 1.73 bits per heavy atom. The molecule has 5 unspecified atom stereocenters. The fourth-order valence-electron chi connectivity index (χ4n) is 7.14. The summed E-state index contributed by atoms with van der Waals surface area (Å²) in [6.45, 7) is 1.90. The molecule has 0 aromatic heterocycles. The van der Waals surface area contributed by atoms with Gasteiger partial charge < -0.3 is 9.47 Å². The molecule has 1 aromatic rings. The number of ketones is 1. The number of hydrogen-bond donors (Lipinski definition) is 0. The summed E-state index contributed by atoms with van der Waals surface area (Å²) in [5.74, 6) is -1.05. The molecule has 0 amide bonds. The molecule has 2 aliphatic heterocycles. The molecule has 7 nitrogen and oxygen atoms in total. The lowest BCUT2D eigenvalue weighted by molar-refractivity contribution is -0.222. The number of fused-ring (bicyclic) bond motifs is 2. The van der Waals surface area contributed by atoms with Gasteiger partial charge in [0.05, 0.1) is 32.2 Å². The highest BCUT2D eigenvalue weighted by atomic mass is 16.5. The first kappa shape index (κ1) is 16.0. The van der Waals surface area contributed by atoms with Gasteiger partial charge in [-0.3, -0.25) is 9.59 Å². The second kappa shape index (κ2) is 4.18. The SMILES string of the molecule is COC(=O)C12C3N(C)N4CC(=O)C(C)(C31c1ccccc1)C42C(=O)OC. The predicted molar refractivity (Wildman–Crippen MR) is 88.7 cm³/mol. The molecule has 7 heteroatoms. The van der Waals surface area contributed by atoms with Crippen LogP contribution in [0, 0.1) is 10.8 Å². The number of hydrazine groups is 1. The maximum Gasteiger partial charge on any atom is 0.330 e. The van der Waals surface area contributed by atoms with Crippen LogP contribution in [0.4, 0.5) is 0 Å². The smallest absolute Gasteiger partial charge is 0.330 e. The third kappa shape index (κ3) is 0.980. The van der Waals surface area contributed by atoms with Gasteiger partial charge in [-0.05, 0) is 12.5 Å². The Labute approximate surface area is 150 Å². The van der Waals surface area contributed by atoms with Crippen LogP contribution in [-0.2, 0) is 29.3 Å². The Morgan fingerprint density at radius 1 is 1.12 bits per heavy atom. The number of ether oxygens (including phenoxy) is 2. The second-order valence-electron chi connectivity index (χ2n) is 7.76. The van der Waals surface area contributed by atoms with E-state index in [0.29, 0.717) is 0 Å². The molecule has 2 aliphatic carbocycles. The van der Waals surface area contributed by atoms with Gasteiger partial charge >= 0.3 is 11.9 Å². The first-order valence-electron chi connectivity index (χ1n) is 8.62. The molecule has 0 bridgehead atoms. The molecule has 5 atom stereocenters. The summed E-state index contributed by atoms with van der Waals surface area (Å²) in [5, 5.41) is 3.61. The van der Waals surface area contributed by atoms with E-state index in [9.17, 15) is 14.4 Å². The van der Waals surface area contributed by atoms with Gasteiger partial charge in [-0.2, -0.15) is 0 Å². The van der Waals surface area contributed by atoms with Gasteiger partial charge in [0.25, 0.3) is 0 Å². The van der Waals surface area contributed by atoms with E-state index in [0.717, 1.165) is 5.56 Å². The summed E-state index contributed by atoms with van der Waals surface area (Å²) in [5.41, 5.74) is -3.44. The minimum Gasteiger partial charge on any atom is -0.468 e. The molecule has 26 heavy (non-hydrogen) atoms. The van der Waals surface area contributed by atoms with Crippen molar-refractivity contribution < 1.29 is 23.9 Å². The average Bonchev–Trinajstić information content (AvgIpc) is 3.14. The quantitative estimate of drug-likeness (QED) is 0.713. The largest absolute Gasteiger partial charge is 0.468 e. The number of hydrogen-bond acceptors (Lipinski definition) is 7. The van der Waals surface area contributed by atoms with Crippen molar-refractivity contribution in [2.45, 2.75) is 23.9 Å². The number of likely N-dealkylation sites (N-methyl/N-ethyl adjacent to an activating group) is 1. The maximum absolute atomic E-state index is 13.2. The molecule has 136 valence electrons. The van der Waals surface area contributed by atoms with Gasteiger partial charge in [0.2, 0.25) is 0 Å². The van der Waals surface area contributed by atoms with Crippen molar-refractivity contribution in [3.63, 3.8) is 0 Å². The maximum atomic E-state index is 13.2. The van der Waals surface area contributed by atoms with E-state index < -0.39 is 33.7 Å². The Balaban J connectivity index is 1.88. The van der Waals surface area contributed by atoms with Crippen LogP contribution in [0.1, 0.15) is 12.5 Å². The Hall–Kier alpha value is -2.25. The van der Waals surface area contributed by atoms with Gasteiger partial charge in [-0.15, -0.1) is 0 Å². The van der Waals surface area contributed by atoms with E-state index in [4.69, 9.17) is 9.47 Å². The van der Waals surface area contributed by atoms with Crippen molar-refractivity contribution >= 4 is 17.7 Å². The van der Waals surface area contributed by atoms with Gasteiger partial charge in [-0.25, -0.2) is 14.8 Å². The van der Waals surface area contributed by atoms with Crippen LogP contribution in [0.5, 0.6) is 0 Å². The molecule has 2 saturated carbocycles. The van der Waals surface area contributed by atoms with Crippen molar-refractivity contribution in [1.82, 2.24) is 10.0 Å². The molecule has 2 saturated heterocycles. The van der Waals surface area contributed by atoms with Gasteiger partial charge in [0.1, 0.15) is 5.41 Å². The zero-order valence-corrected chi connectivity index (χ0v) is 15.1. The van der Waals surface area contributed by atoms with E-state index in [-0.39, 0.29) is 18.4 Å². The van der Waals surface area contributed by atoms with E-state index in [2.05, 4.69) is 0 Å². The fraction of sp³-hybridized carbons (Fsp3) is 0.526. The molecule has 4 aliphatic rings. The highest BCUT2D eigenvalue weighted by Gasteiger charge is 3.15. The molecule has 4 fully saturated rings. The Morgan fingerprint density at radius 3 is 2.31 bits per heavy atom. The number of carbonyl (C=O) groups excluding carboxylic acids is 3. The minimum atomic E-state index is -1.35. The molecule has 0 spiro atoms. The van der Waals surface area contributed by atoms with Crippen molar-refractivity contribution in [3.05, 3.63) is 35.9 Å². The molecular formula is C19H20N2O5. The number of methoxy groups -OCH3 is 2. The van der Waals surface area contributed by atoms with Gasteiger partial charge in [0.15, 0.2) is 11.3 Å². The standard InChI is InChI=1S/C19H20N2O5/c1-16-12(22)10-21-19(16,15(24)26-4)18(14(23)25-3)13(20(21)2)17(16,18)11-8-6-5-7-9-11/h5-9,13H,10H2,1-4H3.